The molecule has 0 radical (unpaired) electrons. The smallest absolute Gasteiger partial charge is 0.300 e. The molecule has 5 nitrogen and oxygen atoms in total. The summed E-state index contributed by atoms with van der Waals surface area (Å²) in [6, 6.07) is 15.0. The van der Waals surface area contributed by atoms with E-state index in [1.807, 2.05) is 58.0 Å². The molecule has 36 heavy (non-hydrogen) atoms. The zero-order chi connectivity index (χ0) is 26.3. The molecule has 1 saturated heterocycles. The largest absolute Gasteiger partial charge is 0.507 e. The quantitative estimate of drug-likeness (QED) is 0.215. The van der Waals surface area contributed by atoms with E-state index < -0.39 is 17.7 Å². The van der Waals surface area contributed by atoms with Crippen LogP contribution in [0, 0.1) is 13.8 Å². The number of ketones is 1. The van der Waals surface area contributed by atoms with Gasteiger partial charge < -0.3 is 9.84 Å². The highest BCUT2D eigenvalue weighted by Gasteiger charge is 2.47. The Morgan fingerprint density at radius 2 is 1.72 bits per heavy atom. The van der Waals surface area contributed by atoms with Crippen molar-refractivity contribution in [2.75, 3.05) is 12.0 Å². The predicted molar refractivity (Wildman–Crippen MR) is 144 cm³/mol. The fraction of sp³-hybridized carbons (Fsp3) is 0.241. The van der Waals surface area contributed by atoms with E-state index in [0.29, 0.717) is 33.1 Å². The maximum Gasteiger partial charge on any atom is 0.300 e. The fourth-order valence-electron chi connectivity index (χ4n) is 4.60. The zero-order valence-electron chi connectivity index (χ0n) is 20.7. The number of halogens is 2. The normalized spacial score (nSPS) is 17.2. The van der Waals surface area contributed by atoms with Gasteiger partial charge in [-0.25, -0.2) is 0 Å². The Morgan fingerprint density at radius 3 is 2.33 bits per heavy atom. The molecule has 1 fully saturated rings. The average molecular weight is 524 g/mol. The van der Waals surface area contributed by atoms with Gasteiger partial charge in [0.25, 0.3) is 11.7 Å². The summed E-state index contributed by atoms with van der Waals surface area (Å²) in [5.74, 6) is -0.950. The third-order valence-corrected chi connectivity index (χ3v) is 7.18. The Bertz CT molecular complexity index is 1410. The van der Waals surface area contributed by atoms with Gasteiger partial charge in [0, 0.05) is 11.3 Å². The number of hydrogen-bond donors (Lipinski definition) is 1. The third-order valence-electron chi connectivity index (χ3n) is 6.44. The summed E-state index contributed by atoms with van der Waals surface area (Å²) in [7, 11) is 1.60. The van der Waals surface area contributed by atoms with Crippen LogP contribution in [0.1, 0.15) is 53.6 Å². The first-order valence-corrected chi connectivity index (χ1v) is 12.3. The van der Waals surface area contributed by atoms with Crippen LogP contribution < -0.4 is 9.64 Å². The molecule has 7 heteroatoms. The Labute approximate surface area is 220 Å². The lowest BCUT2D eigenvalue weighted by atomic mass is 9.91. The van der Waals surface area contributed by atoms with Crippen molar-refractivity contribution in [1.29, 1.82) is 0 Å². The minimum atomic E-state index is -0.898. The van der Waals surface area contributed by atoms with Crippen LogP contribution in [0.5, 0.6) is 5.75 Å². The summed E-state index contributed by atoms with van der Waals surface area (Å²) in [6.07, 6.45) is 0. The number of methoxy groups -OCH3 is 1. The van der Waals surface area contributed by atoms with Gasteiger partial charge in [-0.3, -0.25) is 14.5 Å². The van der Waals surface area contributed by atoms with E-state index >= 15 is 0 Å². The van der Waals surface area contributed by atoms with Gasteiger partial charge in [0.15, 0.2) is 0 Å². The Morgan fingerprint density at radius 1 is 1.00 bits per heavy atom. The summed E-state index contributed by atoms with van der Waals surface area (Å²) in [6.45, 7) is 7.77. The Hall–Kier alpha value is -3.28. The van der Waals surface area contributed by atoms with Crippen molar-refractivity contribution in [3.8, 4) is 5.75 Å². The number of carbonyl (C=O) groups is 2. The van der Waals surface area contributed by atoms with E-state index in [1.165, 1.54) is 4.90 Å². The molecule has 3 aromatic rings. The molecule has 1 aliphatic heterocycles. The molecule has 0 spiro atoms. The van der Waals surface area contributed by atoms with Gasteiger partial charge in [-0.2, -0.15) is 0 Å². The van der Waals surface area contributed by atoms with E-state index in [2.05, 4.69) is 0 Å². The van der Waals surface area contributed by atoms with E-state index in [4.69, 9.17) is 27.9 Å². The van der Waals surface area contributed by atoms with Crippen molar-refractivity contribution in [3.63, 3.8) is 0 Å². The molecule has 3 aromatic carbocycles. The van der Waals surface area contributed by atoms with Gasteiger partial charge in [0.05, 0.1) is 28.8 Å². The number of Topliss-reactive ketones (excluding diaryl/α,β-unsaturated/α-hetero) is 1. The van der Waals surface area contributed by atoms with Crippen molar-refractivity contribution in [1.82, 2.24) is 0 Å². The number of anilines is 1. The second kappa shape index (κ2) is 10.00. The number of nitrogens with zero attached hydrogens (tertiary/aromatic N) is 1. The zero-order valence-corrected chi connectivity index (χ0v) is 22.2. The van der Waals surface area contributed by atoms with Crippen molar-refractivity contribution in [2.45, 2.75) is 39.7 Å². The third kappa shape index (κ3) is 4.49. The minimum Gasteiger partial charge on any atom is -0.507 e. The summed E-state index contributed by atoms with van der Waals surface area (Å²) >= 11 is 12.5. The monoisotopic (exact) mass is 523 g/mol. The second-order valence-electron chi connectivity index (χ2n) is 9.25. The molecular formula is C29H27Cl2NO4. The first-order valence-electron chi connectivity index (χ1n) is 11.6. The summed E-state index contributed by atoms with van der Waals surface area (Å²) < 4.78 is 5.53. The van der Waals surface area contributed by atoms with Gasteiger partial charge >= 0.3 is 0 Å². The number of aryl methyl sites for hydroxylation is 2. The molecule has 1 aliphatic rings. The number of aliphatic hydroxyl groups excluding tert-OH is 1. The Kier molecular flexibility index (Phi) is 7.17. The van der Waals surface area contributed by atoms with Crippen LogP contribution in [0.15, 0.2) is 60.2 Å². The maximum absolute atomic E-state index is 13.5. The van der Waals surface area contributed by atoms with Crippen LogP contribution >= 0.6 is 23.2 Å². The highest BCUT2D eigenvalue weighted by molar-refractivity contribution is 6.52. The first kappa shape index (κ1) is 25.8. The van der Waals surface area contributed by atoms with Crippen LogP contribution in [0.4, 0.5) is 5.69 Å². The first-order chi connectivity index (χ1) is 17.0. The SMILES string of the molecule is COc1cc(C)c(/C(O)=C2\C(=O)C(=O)N(c3cccc(C)c3)C2c2ccc(Cl)c(Cl)c2)cc1C(C)C. The number of amides is 1. The molecule has 1 atom stereocenters. The lowest BCUT2D eigenvalue weighted by Gasteiger charge is -2.26. The summed E-state index contributed by atoms with van der Waals surface area (Å²) in [4.78, 5) is 28.3. The van der Waals surface area contributed by atoms with Crippen molar-refractivity contribution >= 4 is 46.3 Å². The van der Waals surface area contributed by atoms with Gasteiger partial charge in [-0.1, -0.05) is 55.2 Å². The number of aliphatic hydroxyl groups is 1. The van der Waals surface area contributed by atoms with Crippen LogP contribution in [-0.4, -0.2) is 23.9 Å². The molecule has 1 unspecified atom stereocenters. The number of hydrogen-bond acceptors (Lipinski definition) is 4. The summed E-state index contributed by atoms with van der Waals surface area (Å²) in [5.41, 5.74) is 4.07. The van der Waals surface area contributed by atoms with Gasteiger partial charge in [0.1, 0.15) is 11.5 Å². The maximum atomic E-state index is 13.5. The lowest BCUT2D eigenvalue weighted by Crippen LogP contribution is -2.29. The fourth-order valence-corrected chi connectivity index (χ4v) is 4.91. The van der Waals surface area contributed by atoms with E-state index in [0.717, 1.165) is 11.1 Å². The molecule has 1 heterocycles. The van der Waals surface area contributed by atoms with Gasteiger partial charge in [0.2, 0.25) is 0 Å². The van der Waals surface area contributed by atoms with Crippen molar-refractivity contribution in [2.24, 2.45) is 0 Å². The molecule has 186 valence electrons. The van der Waals surface area contributed by atoms with Crippen molar-refractivity contribution < 1.29 is 19.4 Å². The minimum absolute atomic E-state index is 0.0112. The Balaban J connectivity index is 2.01. The molecule has 0 aliphatic carbocycles. The molecule has 1 amide bonds. The van der Waals surface area contributed by atoms with E-state index in [9.17, 15) is 14.7 Å². The van der Waals surface area contributed by atoms with E-state index in [1.54, 1.807) is 31.4 Å². The number of rotatable bonds is 5. The molecule has 1 N–H and O–H groups in total. The number of ether oxygens (including phenoxy) is 1. The number of benzene rings is 3. The lowest BCUT2D eigenvalue weighted by molar-refractivity contribution is -0.132. The van der Waals surface area contributed by atoms with Crippen molar-refractivity contribution in [3.05, 3.63) is 98.0 Å². The molecule has 0 bridgehead atoms. The molecule has 0 saturated carbocycles. The molecular weight excluding hydrogens is 497 g/mol. The highest BCUT2D eigenvalue weighted by atomic mass is 35.5. The highest BCUT2D eigenvalue weighted by Crippen LogP contribution is 2.44. The summed E-state index contributed by atoms with van der Waals surface area (Å²) in [5, 5.41) is 12.2. The van der Waals surface area contributed by atoms with Crippen LogP contribution in [0.3, 0.4) is 0 Å². The predicted octanol–water partition coefficient (Wildman–Crippen LogP) is 7.37. The van der Waals surface area contributed by atoms with Crippen LogP contribution in [-0.2, 0) is 9.59 Å². The molecule has 4 rings (SSSR count). The van der Waals surface area contributed by atoms with Gasteiger partial charge in [-0.05, 0) is 78.4 Å². The van der Waals surface area contributed by atoms with Crippen LogP contribution in [0.25, 0.3) is 5.76 Å². The number of carbonyl (C=O) groups excluding carboxylic acids is 2. The van der Waals surface area contributed by atoms with Gasteiger partial charge in [-0.15, -0.1) is 0 Å². The average Bonchev–Trinajstić information content (AvgIpc) is 3.10. The van der Waals surface area contributed by atoms with E-state index in [-0.39, 0.29) is 22.3 Å². The van der Waals surface area contributed by atoms with Crippen LogP contribution in [0.2, 0.25) is 10.0 Å². The standard InChI is InChI=1S/C29H27Cl2NO4/c1-15(2)20-14-21(17(4)12-24(20)36-5)27(33)25-26(18-9-10-22(30)23(31)13-18)32(29(35)28(25)34)19-8-6-7-16(3)11-19/h6-15,26,33H,1-5H3/b27-25+. The second-order valence-corrected chi connectivity index (χ2v) is 10.1. The topological polar surface area (TPSA) is 66.8 Å². The molecule has 0 aromatic heterocycles.